The summed E-state index contributed by atoms with van der Waals surface area (Å²) in [5, 5.41) is 6.70. The molecule has 1 amide bonds. The molecule has 2 heterocycles. The minimum absolute atomic E-state index is 0.101. The maximum Gasteiger partial charge on any atom is 0.416 e. The predicted octanol–water partition coefficient (Wildman–Crippen LogP) is 5.23. The molecule has 6 nitrogen and oxygen atoms in total. The van der Waals surface area contributed by atoms with Gasteiger partial charge in [-0.2, -0.15) is 18.3 Å². The second-order valence-corrected chi connectivity index (χ2v) is 7.77. The second kappa shape index (κ2) is 8.34. The van der Waals surface area contributed by atoms with Crippen molar-refractivity contribution in [3.63, 3.8) is 0 Å². The number of carbonyl (C=O) groups is 2. The van der Waals surface area contributed by atoms with Gasteiger partial charge in [0.15, 0.2) is 5.78 Å². The van der Waals surface area contributed by atoms with Gasteiger partial charge in [-0.3, -0.25) is 14.3 Å². The number of nitrogens with one attached hydrogen (secondary N) is 1. The smallest absolute Gasteiger partial charge is 0.416 e. The van der Waals surface area contributed by atoms with Crippen LogP contribution in [0.4, 0.5) is 23.2 Å². The molecule has 2 atom stereocenters. The summed E-state index contributed by atoms with van der Waals surface area (Å²) in [6.07, 6.45) is -2.84. The van der Waals surface area contributed by atoms with Crippen LogP contribution in [0.25, 0.3) is 0 Å². The van der Waals surface area contributed by atoms with Crippen LogP contribution < -0.4 is 10.1 Å². The Labute approximate surface area is 186 Å². The van der Waals surface area contributed by atoms with Gasteiger partial charge in [0.2, 0.25) is 0 Å². The number of anilines is 1. The van der Waals surface area contributed by atoms with Crippen molar-refractivity contribution in [3.8, 4) is 5.75 Å². The Morgan fingerprint density at radius 2 is 1.88 bits per heavy atom. The number of methoxy groups -OCH3 is 1. The molecule has 3 aromatic rings. The van der Waals surface area contributed by atoms with E-state index in [0.717, 1.165) is 18.2 Å². The molecule has 0 bridgehead atoms. The summed E-state index contributed by atoms with van der Waals surface area (Å²) in [6, 6.07) is 7.95. The number of amides is 1. The Morgan fingerprint density at radius 3 is 2.48 bits per heavy atom. The number of ether oxygens (including phenoxy) is 1. The van der Waals surface area contributed by atoms with Crippen molar-refractivity contribution in [1.82, 2.24) is 9.78 Å². The third-order valence-electron chi connectivity index (χ3n) is 5.65. The molecule has 0 saturated heterocycles. The molecule has 33 heavy (non-hydrogen) atoms. The molecule has 0 fully saturated rings. The number of fused-ring (bicyclic) bond motifs is 1. The minimum Gasteiger partial charge on any atom is -0.497 e. The molecule has 0 saturated carbocycles. The van der Waals surface area contributed by atoms with Crippen LogP contribution in [0.3, 0.4) is 0 Å². The number of benzene rings is 2. The van der Waals surface area contributed by atoms with Gasteiger partial charge in [0.25, 0.3) is 5.91 Å². The normalized spacial score (nSPS) is 18.1. The van der Waals surface area contributed by atoms with Gasteiger partial charge in [0.05, 0.1) is 42.1 Å². The number of carbonyl (C=O) groups excluding carboxylic acids is 2. The van der Waals surface area contributed by atoms with E-state index in [0.29, 0.717) is 12.0 Å². The third-order valence-corrected chi connectivity index (χ3v) is 5.65. The maximum absolute atomic E-state index is 14.3. The molecular formula is C23H19F4N3O3. The molecule has 1 N–H and O–H groups in total. The largest absolute Gasteiger partial charge is 0.497 e. The van der Waals surface area contributed by atoms with E-state index in [-0.39, 0.29) is 28.7 Å². The number of hydrogen-bond donors (Lipinski definition) is 1. The molecule has 0 spiro atoms. The number of Topliss-reactive ketones (excluding diaryl/α,β-unsaturated/α-hetero) is 1. The Hall–Kier alpha value is -3.69. The number of alkyl halides is 3. The van der Waals surface area contributed by atoms with Gasteiger partial charge in [0, 0.05) is 6.07 Å². The van der Waals surface area contributed by atoms with Crippen molar-refractivity contribution in [2.24, 2.45) is 0 Å². The highest BCUT2D eigenvalue weighted by molar-refractivity contribution is 6.10. The number of hydrogen-bond acceptors (Lipinski definition) is 4. The Kier molecular flexibility index (Phi) is 5.69. The minimum atomic E-state index is -4.48. The molecule has 1 aromatic heterocycles. The van der Waals surface area contributed by atoms with Crippen molar-refractivity contribution in [1.29, 1.82) is 0 Å². The van der Waals surface area contributed by atoms with Crippen LogP contribution >= 0.6 is 0 Å². The third kappa shape index (κ3) is 4.20. The Morgan fingerprint density at radius 1 is 1.18 bits per heavy atom. The molecule has 0 aliphatic carbocycles. The lowest BCUT2D eigenvalue weighted by molar-refractivity contribution is -0.137. The summed E-state index contributed by atoms with van der Waals surface area (Å²) in [6.45, 7) is 1.81. The monoisotopic (exact) mass is 461 g/mol. The molecular weight excluding hydrogens is 442 g/mol. The highest BCUT2D eigenvalue weighted by Crippen LogP contribution is 2.39. The molecule has 172 valence electrons. The zero-order valence-electron chi connectivity index (χ0n) is 17.6. The van der Waals surface area contributed by atoms with Crippen LogP contribution in [0.5, 0.6) is 5.75 Å². The highest BCUT2D eigenvalue weighted by Gasteiger charge is 2.37. The quantitative estimate of drug-likeness (QED) is 0.540. The van der Waals surface area contributed by atoms with Crippen molar-refractivity contribution in [2.75, 3.05) is 12.4 Å². The van der Waals surface area contributed by atoms with Crippen molar-refractivity contribution in [3.05, 3.63) is 76.9 Å². The first-order valence-corrected chi connectivity index (χ1v) is 10.0. The molecule has 4 rings (SSSR count). The average Bonchev–Trinajstić information content (AvgIpc) is 3.20. The van der Waals surface area contributed by atoms with Gasteiger partial charge >= 0.3 is 6.18 Å². The van der Waals surface area contributed by atoms with Gasteiger partial charge in [-0.25, -0.2) is 4.39 Å². The van der Waals surface area contributed by atoms with Crippen LogP contribution in [0.1, 0.15) is 57.3 Å². The van der Waals surface area contributed by atoms with Crippen LogP contribution in [-0.2, 0) is 6.18 Å². The fraction of sp³-hybridized carbons (Fsp3) is 0.261. The lowest BCUT2D eigenvalue weighted by Gasteiger charge is -2.28. The van der Waals surface area contributed by atoms with Gasteiger partial charge in [-0.05, 0) is 43.2 Å². The van der Waals surface area contributed by atoms with E-state index in [9.17, 15) is 27.2 Å². The van der Waals surface area contributed by atoms with Crippen molar-refractivity contribution in [2.45, 2.75) is 31.5 Å². The fourth-order valence-corrected chi connectivity index (χ4v) is 3.94. The fourth-order valence-electron chi connectivity index (χ4n) is 3.94. The zero-order chi connectivity index (χ0) is 23.9. The average molecular weight is 461 g/mol. The second-order valence-electron chi connectivity index (χ2n) is 7.77. The number of ketones is 1. The van der Waals surface area contributed by atoms with Crippen LogP contribution in [-0.4, -0.2) is 28.6 Å². The van der Waals surface area contributed by atoms with E-state index in [1.165, 1.54) is 42.3 Å². The van der Waals surface area contributed by atoms with E-state index in [1.807, 2.05) is 6.92 Å². The van der Waals surface area contributed by atoms with Gasteiger partial charge in [0.1, 0.15) is 17.3 Å². The molecule has 1 aliphatic rings. The topological polar surface area (TPSA) is 73.2 Å². The number of rotatable bonds is 4. The van der Waals surface area contributed by atoms with E-state index in [2.05, 4.69) is 10.4 Å². The molecule has 10 heteroatoms. The van der Waals surface area contributed by atoms with Crippen LogP contribution in [0.15, 0.2) is 48.7 Å². The Balaban J connectivity index is 1.62. The summed E-state index contributed by atoms with van der Waals surface area (Å²) in [5.41, 5.74) is -0.399. The molecule has 2 aromatic carbocycles. The first-order valence-electron chi connectivity index (χ1n) is 10.0. The number of nitrogens with zero attached hydrogens (tertiary/aromatic N) is 2. The lowest BCUT2D eigenvalue weighted by Crippen LogP contribution is -2.29. The van der Waals surface area contributed by atoms with Crippen molar-refractivity contribution < 1.29 is 31.9 Å². The van der Waals surface area contributed by atoms with E-state index in [1.54, 1.807) is 0 Å². The van der Waals surface area contributed by atoms with Crippen molar-refractivity contribution >= 4 is 17.4 Å². The summed E-state index contributed by atoms with van der Waals surface area (Å²) in [5.74, 6) is -2.43. The lowest BCUT2D eigenvalue weighted by atomic mass is 9.84. The first-order chi connectivity index (χ1) is 15.6. The molecule has 1 unspecified atom stereocenters. The summed E-state index contributed by atoms with van der Waals surface area (Å²) in [4.78, 5) is 25.9. The summed E-state index contributed by atoms with van der Waals surface area (Å²) < 4.78 is 59.3. The standard InChI is InChI=1S/C23H19F4N3O3/c1-12-9-17(13-3-5-14(6-4-13)23(25,26)27)21(31)20-19(11-28-30(12)20)29-22(32)16-8-7-15(33-2)10-18(16)24/h3-8,10-12,17H,9H2,1-2H3,(H,29,32)/t12-,17?/m0/s1. The zero-order valence-corrected chi connectivity index (χ0v) is 17.6. The van der Waals surface area contributed by atoms with E-state index in [4.69, 9.17) is 4.74 Å². The van der Waals surface area contributed by atoms with E-state index < -0.39 is 35.2 Å². The van der Waals surface area contributed by atoms with Gasteiger partial charge in [-0.15, -0.1) is 0 Å². The first kappa shape index (κ1) is 22.5. The summed E-state index contributed by atoms with van der Waals surface area (Å²) >= 11 is 0. The van der Waals surface area contributed by atoms with E-state index >= 15 is 0 Å². The molecule has 0 radical (unpaired) electrons. The number of halogens is 4. The summed E-state index contributed by atoms with van der Waals surface area (Å²) in [7, 11) is 1.37. The highest BCUT2D eigenvalue weighted by atomic mass is 19.4. The van der Waals surface area contributed by atoms with Crippen LogP contribution in [0, 0.1) is 5.82 Å². The predicted molar refractivity (Wildman–Crippen MR) is 111 cm³/mol. The SMILES string of the molecule is COc1ccc(C(=O)Nc2cnn3c2C(=O)C(c2ccc(C(F)(F)F)cc2)C[C@@H]3C)c(F)c1. The van der Waals surface area contributed by atoms with Gasteiger partial charge in [-0.1, -0.05) is 12.1 Å². The number of aromatic nitrogens is 2. The van der Waals surface area contributed by atoms with Gasteiger partial charge < -0.3 is 10.1 Å². The Bertz CT molecular complexity index is 1220. The van der Waals surface area contributed by atoms with Crippen LogP contribution in [0.2, 0.25) is 0 Å². The maximum atomic E-state index is 14.3. The molecule has 1 aliphatic heterocycles.